The fourth-order valence-electron chi connectivity index (χ4n) is 2.60. The average molecular weight is 336 g/mol. The van der Waals surface area contributed by atoms with Gasteiger partial charge >= 0.3 is 0 Å². The first-order valence-electron chi connectivity index (χ1n) is 8.27. The maximum atomic E-state index is 13.7. The van der Waals surface area contributed by atoms with Crippen LogP contribution >= 0.6 is 0 Å². The van der Waals surface area contributed by atoms with Crippen molar-refractivity contribution in [3.63, 3.8) is 0 Å². The third-order valence-corrected chi connectivity index (χ3v) is 3.90. The monoisotopic (exact) mass is 336 g/mol. The summed E-state index contributed by atoms with van der Waals surface area (Å²) in [4.78, 5) is 8.82. The highest BCUT2D eigenvalue weighted by atomic mass is 19.1. The van der Waals surface area contributed by atoms with E-state index in [1.807, 2.05) is 50.2 Å². The number of aromatic nitrogens is 2. The molecule has 4 nitrogen and oxygen atoms in total. The first-order chi connectivity index (χ1) is 12.1. The van der Waals surface area contributed by atoms with Crippen molar-refractivity contribution in [2.45, 2.75) is 20.3 Å². The zero-order valence-electron chi connectivity index (χ0n) is 14.4. The van der Waals surface area contributed by atoms with Crippen molar-refractivity contribution < 1.29 is 4.39 Å². The van der Waals surface area contributed by atoms with Gasteiger partial charge in [-0.25, -0.2) is 14.4 Å². The molecule has 0 aliphatic rings. The summed E-state index contributed by atoms with van der Waals surface area (Å²) in [5, 5.41) is 6.56. The smallest absolute Gasteiger partial charge is 0.136 e. The highest BCUT2D eigenvalue weighted by Gasteiger charge is 2.05. The van der Waals surface area contributed by atoms with Gasteiger partial charge in [0, 0.05) is 18.3 Å². The molecule has 0 bridgehead atoms. The zero-order chi connectivity index (χ0) is 17.6. The second-order valence-corrected chi connectivity index (χ2v) is 5.89. The summed E-state index contributed by atoms with van der Waals surface area (Å²) in [6.07, 6.45) is 0.594. The molecule has 0 amide bonds. The molecule has 3 aromatic rings. The molecule has 0 radical (unpaired) electrons. The molecule has 2 N–H and O–H groups in total. The van der Waals surface area contributed by atoms with Crippen molar-refractivity contribution in [1.29, 1.82) is 0 Å². The normalized spacial score (nSPS) is 10.5. The summed E-state index contributed by atoms with van der Waals surface area (Å²) in [5.41, 5.74) is 2.85. The standard InChI is InChI=1S/C20H21FN4/c1-14-7-3-6-10-18(14)25-20-13-19(23-15(2)24-20)22-12-11-16-8-4-5-9-17(16)21/h3-10,13H,11-12H2,1-2H3,(H2,22,23,24,25). The number of hydrogen-bond donors (Lipinski definition) is 2. The third-order valence-electron chi connectivity index (χ3n) is 3.90. The molecule has 0 spiro atoms. The van der Waals surface area contributed by atoms with Gasteiger partial charge < -0.3 is 10.6 Å². The minimum absolute atomic E-state index is 0.176. The Labute approximate surface area is 147 Å². The number of rotatable bonds is 6. The van der Waals surface area contributed by atoms with Crippen LogP contribution in [0.2, 0.25) is 0 Å². The number of nitrogens with one attached hydrogen (secondary N) is 2. The lowest BCUT2D eigenvalue weighted by molar-refractivity contribution is 0.610. The van der Waals surface area contributed by atoms with E-state index in [1.54, 1.807) is 12.1 Å². The number of nitrogens with zero attached hydrogens (tertiary/aromatic N) is 2. The van der Waals surface area contributed by atoms with Crippen LogP contribution in [0.1, 0.15) is 17.0 Å². The fraction of sp³-hybridized carbons (Fsp3) is 0.200. The molecule has 1 heterocycles. The van der Waals surface area contributed by atoms with E-state index in [1.165, 1.54) is 6.07 Å². The first kappa shape index (κ1) is 16.9. The molecule has 3 rings (SSSR count). The number of halogens is 1. The van der Waals surface area contributed by atoms with Crippen molar-refractivity contribution in [2.24, 2.45) is 0 Å². The summed E-state index contributed by atoms with van der Waals surface area (Å²) in [6.45, 7) is 4.50. The number of benzene rings is 2. The number of aryl methyl sites for hydroxylation is 2. The van der Waals surface area contributed by atoms with E-state index in [9.17, 15) is 4.39 Å². The van der Waals surface area contributed by atoms with Crippen LogP contribution in [0.4, 0.5) is 21.7 Å². The molecule has 0 aliphatic carbocycles. The van der Waals surface area contributed by atoms with Gasteiger partial charge in [0.2, 0.25) is 0 Å². The minimum atomic E-state index is -0.176. The van der Waals surface area contributed by atoms with E-state index in [0.29, 0.717) is 24.4 Å². The van der Waals surface area contributed by atoms with E-state index >= 15 is 0 Å². The Morgan fingerprint density at radius 2 is 1.64 bits per heavy atom. The summed E-state index contributed by atoms with van der Waals surface area (Å²) < 4.78 is 13.7. The predicted molar refractivity (Wildman–Crippen MR) is 99.8 cm³/mol. The highest BCUT2D eigenvalue weighted by Crippen LogP contribution is 2.20. The fourth-order valence-corrected chi connectivity index (χ4v) is 2.60. The molecule has 0 saturated heterocycles. The van der Waals surface area contributed by atoms with Gasteiger partial charge in [-0.05, 0) is 43.5 Å². The Morgan fingerprint density at radius 3 is 2.44 bits per heavy atom. The second-order valence-electron chi connectivity index (χ2n) is 5.89. The number of hydrogen-bond acceptors (Lipinski definition) is 4. The van der Waals surface area contributed by atoms with Crippen LogP contribution in [0, 0.1) is 19.7 Å². The topological polar surface area (TPSA) is 49.8 Å². The average Bonchev–Trinajstić information content (AvgIpc) is 2.58. The molecular formula is C20H21FN4. The third kappa shape index (κ3) is 4.53. The van der Waals surface area contributed by atoms with Crippen LogP contribution in [0.3, 0.4) is 0 Å². The van der Waals surface area contributed by atoms with E-state index < -0.39 is 0 Å². The molecule has 0 atom stereocenters. The summed E-state index contributed by atoms with van der Waals surface area (Å²) in [6, 6.07) is 16.7. The van der Waals surface area contributed by atoms with Crippen LogP contribution in [0.5, 0.6) is 0 Å². The maximum Gasteiger partial charge on any atom is 0.136 e. The SMILES string of the molecule is Cc1nc(NCCc2ccccc2F)cc(Nc2ccccc2C)n1. The minimum Gasteiger partial charge on any atom is -0.370 e. The van der Waals surface area contributed by atoms with E-state index in [0.717, 1.165) is 22.9 Å². The van der Waals surface area contributed by atoms with Gasteiger partial charge in [-0.15, -0.1) is 0 Å². The lowest BCUT2D eigenvalue weighted by Gasteiger charge is -2.12. The molecule has 0 aliphatic heterocycles. The lowest BCUT2D eigenvalue weighted by atomic mass is 10.1. The van der Waals surface area contributed by atoms with Crippen LogP contribution in [-0.4, -0.2) is 16.5 Å². The van der Waals surface area contributed by atoms with Gasteiger partial charge in [-0.3, -0.25) is 0 Å². The first-order valence-corrected chi connectivity index (χ1v) is 8.27. The van der Waals surface area contributed by atoms with Crippen molar-refractivity contribution in [3.8, 4) is 0 Å². The largest absolute Gasteiger partial charge is 0.370 e. The van der Waals surface area contributed by atoms with Crippen molar-refractivity contribution in [3.05, 3.63) is 77.4 Å². The summed E-state index contributed by atoms with van der Waals surface area (Å²) in [5.74, 6) is 1.95. The quantitative estimate of drug-likeness (QED) is 0.689. The van der Waals surface area contributed by atoms with Crippen molar-refractivity contribution in [1.82, 2.24) is 9.97 Å². The summed E-state index contributed by atoms with van der Waals surface area (Å²) >= 11 is 0. The lowest BCUT2D eigenvalue weighted by Crippen LogP contribution is -2.09. The van der Waals surface area contributed by atoms with Gasteiger partial charge in [-0.1, -0.05) is 36.4 Å². The van der Waals surface area contributed by atoms with Gasteiger partial charge in [0.05, 0.1) is 0 Å². The van der Waals surface area contributed by atoms with Crippen LogP contribution in [-0.2, 0) is 6.42 Å². The van der Waals surface area contributed by atoms with Gasteiger partial charge in [0.25, 0.3) is 0 Å². The molecule has 2 aromatic carbocycles. The van der Waals surface area contributed by atoms with Crippen LogP contribution in [0.15, 0.2) is 54.6 Å². The molecule has 0 saturated carbocycles. The van der Waals surface area contributed by atoms with Crippen molar-refractivity contribution >= 4 is 17.3 Å². The number of anilines is 3. The van der Waals surface area contributed by atoms with Gasteiger partial charge in [-0.2, -0.15) is 0 Å². The molecule has 5 heteroatoms. The Bertz CT molecular complexity index is 864. The van der Waals surface area contributed by atoms with Crippen LogP contribution < -0.4 is 10.6 Å². The maximum absolute atomic E-state index is 13.7. The molecule has 0 fully saturated rings. The molecule has 128 valence electrons. The summed E-state index contributed by atoms with van der Waals surface area (Å²) in [7, 11) is 0. The van der Waals surface area contributed by atoms with E-state index in [4.69, 9.17) is 0 Å². The molecule has 1 aromatic heterocycles. The Hall–Kier alpha value is -2.95. The van der Waals surface area contributed by atoms with Crippen LogP contribution in [0.25, 0.3) is 0 Å². The van der Waals surface area contributed by atoms with E-state index in [-0.39, 0.29) is 5.82 Å². The van der Waals surface area contributed by atoms with Gasteiger partial charge in [0.15, 0.2) is 0 Å². The molecule has 0 unspecified atom stereocenters. The molecule has 25 heavy (non-hydrogen) atoms. The highest BCUT2D eigenvalue weighted by molar-refractivity contribution is 5.62. The van der Waals surface area contributed by atoms with Crippen molar-refractivity contribution in [2.75, 3.05) is 17.2 Å². The number of para-hydroxylation sites is 1. The molecular weight excluding hydrogens is 315 g/mol. The Kier molecular flexibility index (Phi) is 5.23. The zero-order valence-corrected chi connectivity index (χ0v) is 14.4. The van der Waals surface area contributed by atoms with E-state index in [2.05, 4.69) is 20.6 Å². The van der Waals surface area contributed by atoms with Gasteiger partial charge in [0.1, 0.15) is 23.3 Å². The Morgan fingerprint density at radius 1 is 0.920 bits per heavy atom. The second kappa shape index (κ2) is 7.75. The predicted octanol–water partition coefficient (Wildman–Crippen LogP) is 4.63. The Balaban J connectivity index is 1.67.